The number of amides is 2. The Labute approximate surface area is 206 Å². The van der Waals surface area contributed by atoms with Crippen molar-refractivity contribution in [2.75, 3.05) is 5.32 Å². The molecular formula is C23H24N6O4S2. The summed E-state index contributed by atoms with van der Waals surface area (Å²) in [6.07, 6.45) is 4.05. The predicted octanol–water partition coefficient (Wildman–Crippen LogP) is 3.22. The zero-order chi connectivity index (χ0) is 25.4. The van der Waals surface area contributed by atoms with Crippen LogP contribution in [0.25, 0.3) is 11.1 Å². The highest BCUT2D eigenvalue weighted by atomic mass is 32.2. The van der Waals surface area contributed by atoms with E-state index in [-0.39, 0.29) is 20.6 Å². The molecule has 1 aromatic carbocycles. The van der Waals surface area contributed by atoms with Gasteiger partial charge < -0.3 is 15.5 Å². The summed E-state index contributed by atoms with van der Waals surface area (Å²) in [4.78, 5) is 21.1. The van der Waals surface area contributed by atoms with Crippen molar-refractivity contribution in [1.29, 1.82) is 5.26 Å². The number of nitrogens with zero attached hydrogens (tertiary/aromatic N) is 4. The first-order valence-electron chi connectivity index (χ1n) is 10.7. The SMILES string of the molecule is CC(C)(O)c1nc(CO)c(S(N)(=O)=NC(=O)Nc2c(-c3ccnc(C#N)c3)ccc3c2CCC3)s1. The van der Waals surface area contributed by atoms with E-state index < -0.39 is 28.2 Å². The lowest BCUT2D eigenvalue weighted by atomic mass is 9.97. The van der Waals surface area contributed by atoms with Crippen LogP contribution in [0, 0.1) is 11.3 Å². The summed E-state index contributed by atoms with van der Waals surface area (Å²) in [5.41, 5.74) is 2.80. The zero-order valence-corrected chi connectivity index (χ0v) is 20.7. The number of aryl methyl sites for hydroxylation is 1. The van der Waals surface area contributed by atoms with Crippen molar-refractivity contribution in [3.8, 4) is 17.2 Å². The van der Waals surface area contributed by atoms with Gasteiger partial charge in [-0.05, 0) is 61.9 Å². The average molecular weight is 513 g/mol. The van der Waals surface area contributed by atoms with Gasteiger partial charge in [0.2, 0.25) is 0 Å². The summed E-state index contributed by atoms with van der Waals surface area (Å²) in [6, 6.07) is 8.30. The number of thiazole rings is 1. The van der Waals surface area contributed by atoms with Gasteiger partial charge in [0, 0.05) is 11.8 Å². The van der Waals surface area contributed by atoms with Crippen LogP contribution in [0.4, 0.5) is 10.5 Å². The summed E-state index contributed by atoms with van der Waals surface area (Å²) in [6.45, 7) is 2.41. The molecule has 4 rings (SSSR count). The van der Waals surface area contributed by atoms with E-state index in [4.69, 9.17) is 5.14 Å². The Kier molecular flexibility index (Phi) is 6.72. The molecule has 182 valence electrons. The van der Waals surface area contributed by atoms with Crippen LogP contribution in [-0.2, 0) is 35.0 Å². The normalized spacial score (nSPS) is 14.6. The highest BCUT2D eigenvalue weighted by molar-refractivity contribution is 7.93. The van der Waals surface area contributed by atoms with E-state index in [0.29, 0.717) is 16.8 Å². The highest BCUT2D eigenvalue weighted by Crippen LogP contribution is 2.38. The molecule has 3 aromatic rings. The fraction of sp³-hybridized carbons (Fsp3) is 0.304. The molecule has 1 unspecified atom stereocenters. The van der Waals surface area contributed by atoms with Gasteiger partial charge >= 0.3 is 6.03 Å². The summed E-state index contributed by atoms with van der Waals surface area (Å²) in [7, 11) is -3.77. The lowest BCUT2D eigenvalue weighted by Gasteiger charge is -2.15. The monoisotopic (exact) mass is 512 g/mol. The number of nitriles is 1. The number of urea groups is 1. The van der Waals surface area contributed by atoms with Crippen molar-refractivity contribution in [3.63, 3.8) is 0 Å². The van der Waals surface area contributed by atoms with Crippen LogP contribution in [0.15, 0.2) is 39.0 Å². The lowest BCUT2D eigenvalue weighted by molar-refractivity contribution is 0.0779. The number of carbonyl (C=O) groups is 1. The van der Waals surface area contributed by atoms with E-state index in [1.807, 2.05) is 18.2 Å². The van der Waals surface area contributed by atoms with Crippen molar-refractivity contribution >= 4 is 33.0 Å². The third-order valence-electron chi connectivity index (χ3n) is 5.52. The number of fused-ring (bicyclic) bond motifs is 1. The minimum Gasteiger partial charge on any atom is -0.390 e. The number of nitrogens with two attached hydrogens (primary N) is 1. The van der Waals surface area contributed by atoms with Crippen LogP contribution in [0.5, 0.6) is 0 Å². The van der Waals surface area contributed by atoms with Crippen molar-refractivity contribution < 1.29 is 19.2 Å². The predicted molar refractivity (Wildman–Crippen MR) is 132 cm³/mol. The molecule has 2 aromatic heterocycles. The fourth-order valence-corrected chi connectivity index (χ4v) is 6.39. The number of benzene rings is 1. The fourth-order valence-electron chi connectivity index (χ4n) is 3.93. The zero-order valence-electron chi connectivity index (χ0n) is 19.1. The van der Waals surface area contributed by atoms with E-state index in [2.05, 4.69) is 19.6 Å². The summed E-state index contributed by atoms with van der Waals surface area (Å²) >= 11 is 0.838. The molecule has 12 heteroatoms. The van der Waals surface area contributed by atoms with Gasteiger partial charge in [0.1, 0.15) is 26.6 Å². The third-order valence-corrected chi connectivity index (χ3v) is 8.89. The Hall–Kier alpha value is -3.21. The van der Waals surface area contributed by atoms with Crippen LogP contribution in [0.3, 0.4) is 0 Å². The quantitative estimate of drug-likeness (QED) is 0.406. The molecular weight excluding hydrogens is 488 g/mol. The standard InChI is InChI=1S/C23H24N6O4S2/c1-23(2,32)21-27-18(12-30)20(34-21)35(25,33)29-22(31)28-19-16-5-3-4-13(16)6-7-17(19)14-8-9-26-15(10-14)11-24/h6-10,30,32H,3-5,12H2,1-2H3,(H3,25,28,29,31,33). The Morgan fingerprint density at radius 2 is 2.14 bits per heavy atom. The molecule has 0 aliphatic heterocycles. The molecule has 0 fully saturated rings. The van der Waals surface area contributed by atoms with Crippen LogP contribution in [-0.4, -0.2) is 30.4 Å². The van der Waals surface area contributed by atoms with Gasteiger partial charge in [-0.2, -0.15) is 5.26 Å². The van der Waals surface area contributed by atoms with Gasteiger partial charge in [0.25, 0.3) is 0 Å². The number of rotatable bonds is 5. The Bertz CT molecular complexity index is 1480. The number of hydrogen-bond acceptors (Lipinski definition) is 8. The summed E-state index contributed by atoms with van der Waals surface area (Å²) in [5.74, 6) is 0. The van der Waals surface area contributed by atoms with Gasteiger partial charge in [-0.15, -0.1) is 15.7 Å². The summed E-state index contributed by atoms with van der Waals surface area (Å²) in [5, 5.41) is 38.0. The molecule has 0 saturated carbocycles. The van der Waals surface area contributed by atoms with Gasteiger partial charge in [-0.1, -0.05) is 12.1 Å². The first kappa shape index (κ1) is 24.9. The Morgan fingerprint density at radius 3 is 2.83 bits per heavy atom. The second kappa shape index (κ2) is 9.44. The number of carbonyl (C=O) groups excluding carboxylic acids is 1. The topological polar surface area (TPSA) is 175 Å². The van der Waals surface area contributed by atoms with Crippen molar-refractivity contribution in [3.05, 3.63) is 58.0 Å². The summed E-state index contributed by atoms with van der Waals surface area (Å²) < 4.78 is 16.9. The van der Waals surface area contributed by atoms with Crippen molar-refractivity contribution in [2.24, 2.45) is 9.50 Å². The minimum atomic E-state index is -3.77. The molecule has 5 N–H and O–H groups in total. The van der Waals surface area contributed by atoms with E-state index in [1.54, 1.807) is 12.1 Å². The van der Waals surface area contributed by atoms with E-state index in [9.17, 15) is 24.5 Å². The van der Waals surface area contributed by atoms with Crippen molar-refractivity contribution in [2.45, 2.75) is 49.5 Å². The molecule has 10 nitrogen and oxygen atoms in total. The van der Waals surface area contributed by atoms with Gasteiger partial charge in [0.15, 0.2) is 9.92 Å². The molecule has 0 bridgehead atoms. The number of hydrogen-bond donors (Lipinski definition) is 4. The smallest absolute Gasteiger partial charge is 0.354 e. The molecule has 1 aliphatic rings. The van der Waals surface area contributed by atoms with Crippen molar-refractivity contribution in [1.82, 2.24) is 9.97 Å². The Morgan fingerprint density at radius 1 is 1.37 bits per heavy atom. The molecule has 0 saturated heterocycles. The van der Waals surface area contributed by atoms with E-state index in [1.165, 1.54) is 20.0 Å². The lowest BCUT2D eigenvalue weighted by Crippen LogP contribution is -2.19. The highest BCUT2D eigenvalue weighted by Gasteiger charge is 2.28. The maximum absolute atomic E-state index is 13.3. The average Bonchev–Trinajstić information content (AvgIpc) is 3.46. The number of pyridine rings is 1. The Balaban J connectivity index is 1.75. The number of nitrogens with one attached hydrogen (secondary N) is 1. The minimum absolute atomic E-state index is 0.00159. The second-order valence-electron chi connectivity index (χ2n) is 8.58. The largest absolute Gasteiger partial charge is 0.390 e. The number of aliphatic hydroxyl groups excluding tert-OH is 1. The van der Waals surface area contributed by atoms with Gasteiger partial charge in [-0.3, -0.25) is 0 Å². The molecule has 0 radical (unpaired) electrons. The number of anilines is 1. The van der Waals surface area contributed by atoms with Gasteiger partial charge in [0.05, 0.1) is 18.0 Å². The van der Waals surface area contributed by atoms with Crippen LogP contribution in [0.1, 0.15) is 47.8 Å². The molecule has 1 aliphatic carbocycles. The third kappa shape index (κ3) is 5.09. The van der Waals surface area contributed by atoms with Crippen LogP contribution < -0.4 is 10.5 Å². The maximum Gasteiger partial charge on any atom is 0.354 e. The second-order valence-corrected chi connectivity index (χ2v) is 11.6. The van der Waals surface area contributed by atoms with Gasteiger partial charge in [-0.25, -0.2) is 24.1 Å². The van der Waals surface area contributed by atoms with Crippen LogP contribution in [0.2, 0.25) is 0 Å². The first-order valence-corrected chi connectivity index (χ1v) is 13.1. The number of aromatic nitrogens is 2. The first-order chi connectivity index (χ1) is 16.5. The molecule has 2 amide bonds. The molecule has 1 atom stereocenters. The molecule has 0 spiro atoms. The van der Waals surface area contributed by atoms with E-state index >= 15 is 0 Å². The van der Waals surface area contributed by atoms with E-state index in [0.717, 1.165) is 41.7 Å². The molecule has 35 heavy (non-hydrogen) atoms. The molecule has 2 heterocycles. The number of aliphatic hydroxyl groups is 2. The maximum atomic E-state index is 13.3. The van der Waals surface area contributed by atoms with Crippen LogP contribution >= 0.6 is 11.3 Å².